The van der Waals surface area contributed by atoms with Crippen LogP contribution < -0.4 is 0 Å². The second-order valence-corrected chi connectivity index (χ2v) is 23.8. The summed E-state index contributed by atoms with van der Waals surface area (Å²) in [5.74, 6) is 0. The average Bonchev–Trinajstić information content (AvgIpc) is 1.55. The van der Waals surface area contributed by atoms with Gasteiger partial charge in [-0.15, -0.1) is 55.4 Å². The van der Waals surface area contributed by atoms with Crippen LogP contribution in [0.15, 0.2) is 0 Å². The predicted octanol–water partition coefficient (Wildman–Crippen LogP) is 3.28. The van der Waals surface area contributed by atoms with Gasteiger partial charge in [-0.3, -0.25) is 0 Å². The van der Waals surface area contributed by atoms with Crippen molar-refractivity contribution in [3.05, 3.63) is 0 Å². The van der Waals surface area contributed by atoms with E-state index in [1.54, 1.807) is 0 Å². The van der Waals surface area contributed by atoms with Crippen molar-refractivity contribution in [3.63, 3.8) is 0 Å². The van der Waals surface area contributed by atoms with Crippen molar-refractivity contribution in [3.8, 4) is 0 Å². The van der Waals surface area contributed by atoms with Crippen LogP contribution in [0, 0.1) is 0 Å². The minimum Gasteiger partial charge on any atom is -0.146 e. The summed E-state index contributed by atoms with van der Waals surface area (Å²) in [6.45, 7) is 0.00128. The molecule has 0 saturated heterocycles. The second-order valence-electron chi connectivity index (χ2n) is 2.54. The lowest BCUT2D eigenvalue weighted by atomic mass is 11.8. The quantitative estimate of drug-likeness (QED) is 0.552. The Morgan fingerprint density at radius 2 is 1.45 bits per heavy atom. The zero-order chi connectivity index (χ0) is 9.12. The van der Waals surface area contributed by atoms with E-state index >= 15 is 0 Å². The van der Waals surface area contributed by atoms with Crippen LogP contribution in [0.2, 0.25) is 17.9 Å². The van der Waals surface area contributed by atoms with E-state index in [1.165, 1.54) is 0 Å². The summed E-state index contributed by atoms with van der Waals surface area (Å²) < 4.78 is 0. The summed E-state index contributed by atoms with van der Waals surface area (Å²) >= 11 is 28.9. The van der Waals surface area contributed by atoms with E-state index in [0.717, 1.165) is 11.3 Å². The van der Waals surface area contributed by atoms with E-state index in [1.807, 2.05) is 6.55 Å². The van der Waals surface area contributed by atoms with Gasteiger partial charge in [0, 0.05) is 9.52 Å². The van der Waals surface area contributed by atoms with Gasteiger partial charge >= 0.3 is 6.00 Å². The Balaban J connectivity index is 3.44. The molecule has 0 heterocycles. The summed E-state index contributed by atoms with van der Waals surface area (Å²) in [5, 5.41) is 0. The van der Waals surface area contributed by atoms with E-state index < -0.39 is 12.7 Å². The zero-order valence-corrected chi connectivity index (χ0v) is 13.2. The van der Waals surface area contributed by atoms with Crippen molar-refractivity contribution < 1.29 is 0 Å². The molecule has 0 rings (SSSR count). The minimum absolute atomic E-state index is 0.333. The van der Waals surface area contributed by atoms with Crippen LogP contribution in [0.1, 0.15) is 0 Å². The van der Waals surface area contributed by atoms with Crippen LogP contribution >= 0.6 is 55.4 Å². The van der Waals surface area contributed by atoms with Crippen LogP contribution in [-0.2, 0) is 0 Å². The maximum Gasteiger partial charge on any atom is 0.338 e. The molecule has 0 fully saturated rings. The van der Waals surface area contributed by atoms with Gasteiger partial charge in [0.1, 0.15) is 0 Å². The van der Waals surface area contributed by atoms with Gasteiger partial charge < -0.3 is 0 Å². The largest absolute Gasteiger partial charge is 0.338 e. The zero-order valence-electron chi connectivity index (χ0n) is 6.01. The van der Waals surface area contributed by atoms with E-state index in [4.69, 9.17) is 55.4 Å². The Kier molecular flexibility index (Phi) is 6.07. The Hall–Kier alpha value is 2.10. The lowest BCUT2D eigenvalue weighted by Crippen LogP contribution is -2.21. The first-order valence-electron chi connectivity index (χ1n) is 3.15. The lowest BCUT2D eigenvalue weighted by molar-refractivity contribution is 1.81. The Bertz CT molecular complexity index is 101. The molecule has 0 N–H and O–H groups in total. The lowest BCUT2D eigenvalue weighted by Gasteiger charge is -2.10. The molecule has 68 valence electrons. The molecule has 0 nitrogen and oxygen atoms in total. The second kappa shape index (κ2) is 5.10. The Labute approximate surface area is 94.8 Å². The van der Waals surface area contributed by atoms with Crippen molar-refractivity contribution in [2.24, 2.45) is 0 Å². The van der Waals surface area contributed by atoms with Crippen LogP contribution in [-0.4, -0.2) is 22.2 Å². The molecule has 0 aromatic heterocycles. The van der Waals surface area contributed by atoms with Crippen LogP contribution in [0.5, 0.6) is 0 Å². The smallest absolute Gasteiger partial charge is 0.146 e. The molecule has 11 heavy (non-hydrogen) atoms. The van der Waals surface area contributed by atoms with Gasteiger partial charge in [-0.25, -0.2) is 0 Å². The monoisotopic (exact) mass is 304 g/mol. The molecule has 0 bridgehead atoms. The summed E-state index contributed by atoms with van der Waals surface area (Å²) in [5.41, 5.74) is 1.73. The molecule has 8 heteroatoms. The van der Waals surface area contributed by atoms with Crippen molar-refractivity contribution in [2.75, 3.05) is 0 Å². The van der Waals surface area contributed by atoms with Crippen LogP contribution in [0.3, 0.4) is 0 Å². The summed E-state index contributed by atoms with van der Waals surface area (Å²) in [6, 6.07) is -2.37. The van der Waals surface area contributed by atoms with E-state index in [9.17, 15) is 0 Å². The highest BCUT2D eigenvalue weighted by Crippen LogP contribution is 2.26. The van der Waals surface area contributed by atoms with Crippen molar-refractivity contribution in [1.29, 1.82) is 0 Å². The highest BCUT2D eigenvalue weighted by atomic mass is 35.8. The molecule has 0 aromatic carbocycles. The molecule has 0 radical (unpaired) electrons. The average molecular weight is 307 g/mol. The molecule has 0 atom stereocenters. The Morgan fingerprint density at radius 1 is 1.00 bits per heavy atom. The summed E-state index contributed by atoms with van der Waals surface area (Å²) in [6.07, 6.45) is 0. The third kappa shape index (κ3) is 12.1. The minimum atomic E-state index is -2.37. The van der Waals surface area contributed by atoms with E-state index in [2.05, 4.69) is 0 Å². The highest BCUT2D eigenvalue weighted by Gasteiger charge is 2.27. The molecule has 0 aliphatic rings. The standard InChI is InChI=1S/C3H9Cl5Si3/c1-10(4,5)2-9-3-11(6,7)8/h2-3,9H2,1H3. The van der Waals surface area contributed by atoms with Gasteiger partial charge in [0.05, 0.1) is 0 Å². The summed E-state index contributed by atoms with van der Waals surface area (Å²) in [4.78, 5) is 0. The normalized spacial score (nSPS) is 14.7. The maximum atomic E-state index is 5.89. The first kappa shape index (κ1) is 13.1. The molecule has 0 aliphatic heterocycles. The van der Waals surface area contributed by atoms with Crippen LogP contribution in [0.4, 0.5) is 0 Å². The first-order chi connectivity index (χ1) is 4.71. The maximum absolute atomic E-state index is 5.89. The fourth-order valence-electron chi connectivity index (χ4n) is 0.599. The topological polar surface area (TPSA) is 0 Å². The summed E-state index contributed by atoms with van der Waals surface area (Å²) in [7, 11) is -0.333. The fraction of sp³-hybridized carbons (Fsp3) is 1.00. The van der Waals surface area contributed by atoms with Gasteiger partial charge in [0.2, 0.25) is 6.69 Å². The molecular formula is C3H9Cl5Si3. The van der Waals surface area contributed by atoms with Gasteiger partial charge in [-0.05, 0) is 17.9 Å². The number of halogens is 5. The molecule has 0 aliphatic carbocycles. The third-order valence-corrected chi connectivity index (χ3v) is 18.2. The SMILES string of the molecule is C[Si](Cl)(Cl)C[SiH2]C[Si](Cl)(Cl)Cl. The van der Waals surface area contributed by atoms with Gasteiger partial charge in [-0.1, -0.05) is 0 Å². The molecule has 0 spiro atoms. The Morgan fingerprint density at radius 3 is 1.73 bits per heavy atom. The highest BCUT2D eigenvalue weighted by molar-refractivity contribution is 7.65. The van der Waals surface area contributed by atoms with Gasteiger partial charge in [-0.2, -0.15) is 0 Å². The number of hydrogen-bond acceptors (Lipinski definition) is 0. The third-order valence-electron chi connectivity index (χ3n) is 1.08. The van der Waals surface area contributed by atoms with Gasteiger partial charge in [0.25, 0.3) is 0 Å². The van der Waals surface area contributed by atoms with E-state index in [-0.39, 0.29) is 9.52 Å². The van der Waals surface area contributed by atoms with Crippen molar-refractivity contribution in [1.82, 2.24) is 0 Å². The fourth-order valence-corrected chi connectivity index (χ4v) is 13.0. The van der Waals surface area contributed by atoms with Crippen LogP contribution in [0.25, 0.3) is 0 Å². The molecule has 0 aromatic rings. The van der Waals surface area contributed by atoms with Gasteiger partial charge in [0.15, 0.2) is 0 Å². The molecule has 0 saturated carbocycles. The molecule has 0 amide bonds. The molecule has 0 unspecified atom stereocenters. The predicted molar refractivity (Wildman–Crippen MR) is 64.8 cm³/mol. The van der Waals surface area contributed by atoms with Crippen molar-refractivity contribution in [2.45, 2.75) is 17.9 Å². The van der Waals surface area contributed by atoms with Crippen molar-refractivity contribution >= 4 is 77.6 Å². The number of rotatable bonds is 4. The van der Waals surface area contributed by atoms with E-state index in [0.29, 0.717) is 0 Å². The molecular weight excluding hydrogens is 298 g/mol. The first-order valence-corrected chi connectivity index (χ1v) is 15.1. The number of hydrogen-bond donors (Lipinski definition) is 0.